The van der Waals surface area contributed by atoms with Crippen LogP contribution in [-0.2, 0) is 4.79 Å². The van der Waals surface area contributed by atoms with E-state index >= 15 is 0 Å². The molecule has 104 valence electrons. The second-order valence-corrected chi connectivity index (χ2v) is 4.38. The predicted molar refractivity (Wildman–Crippen MR) is 70.9 cm³/mol. The van der Waals surface area contributed by atoms with E-state index in [1.807, 2.05) is 4.90 Å². The summed E-state index contributed by atoms with van der Waals surface area (Å²) in [6, 6.07) is 5.39. The lowest BCUT2D eigenvalue weighted by Gasteiger charge is -2.16. The van der Waals surface area contributed by atoms with Gasteiger partial charge >= 0.3 is 0 Å². The van der Waals surface area contributed by atoms with Gasteiger partial charge in [0.2, 0.25) is 5.91 Å². The van der Waals surface area contributed by atoms with Crippen molar-refractivity contribution in [3.05, 3.63) is 18.2 Å². The molecule has 1 aliphatic heterocycles. The Labute approximate surface area is 113 Å². The molecule has 0 N–H and O–H groups in total. The zero-order valence-electron chi connectivity index (χ0n) is 11.3. The number of hydrogen-bond donors (Lipinski definition) is 0. The lowest BCUT2D eigenvalue weighted by Crippen LogP contribution is -2.29. The Hall–Kier alpha value is -1.91. The number of benzene rings is 1. The summed E-state index contributed by atoms with van der Waals surface area (Å²) in [5.74, 6) is 2.27. The highest BCUT2D eigenvalue weighted by atomic mass is 16.5. The fraction of sp³-hybridized carbons (Fsp3) is 0.500. The van der Waals surface area contributed by atoms with Gasteiger partial charge in [-0.2, -0.15) is 0 Å². The first-order chi connectivity index (χ1) is 9.22. The smallest absolute Gasteiger partial charge is 0.222 e. The third-order valence-corrected chi connectivity index (χ3v) is 3.13. The molecule has 19 heavy (non-hydrogen) atoms. The summed E-state index contributed by atoms with van der Waals surface area (Å²) in [4.78, 5) is 13.3. The molecule has 5 nitrogen and oxygen atoms in total. The summed E-state index contributed by atoms with van der Waals surface area (Å²) >= 11 is 0. The number of nitrogens with zero attached hydrogens (tertiary/aromatic N) is 1. The average Bonchev–Trinajstić information content (AvgIpc) is 2.84. The molecule has 0 saturated carbocycles. The third-order valence-electron chi connectivity index (χ3n) is 3.13. The van der Waals surface area contributed by atoms with Crippen LogP contribution in [0.5, 0.6) is 17.2 Å². The van der Waals surface area contributed by atoms with Gasteiger partial charge in [0.15, 0.2) is 0 Å². The van der Waals surface area contributed by atoms with E-state index in [1.54, 1.807) is 32.4 Å². The Morgan fingerprint density at radius 3 is 2.26 bits per heavy atom. The van der Waals surface area contributed by atoms with Crippen LogP contribution in [0.15, 0.2) is 18.2 Å². The van der Waals surface area contributed by atoms with Gasteiger partial charge in [0.1, 0.15) is 23.9 Å². The van der Waals surface area contributed by atoms with Crippen molar-refractivity contribution in [3.63, 3.8) is 0 Å². The van der Waals surface area contributed by atoms with Crippen molar-refractivity contribution in [2.45, 2.75) is 12.8 Å². The highest BCUT2D eigenvalue weighted by Crippen LogP contribution is 2.27. The number of amides is 1. The van der Waals surface area contributed by atoms with Crippen molar-refractivity contribution in [1.82, 2.24) is 4.90 Å². The first kappa shape index (κ1) is 13.5. The molecule has 0 spiro atoms. The van der Waals surface area contributed by atoms with E-state index in [0.717, 1.165) is 13.0 Å². The lowest BCUT2D eigenvalue weighted by molar-refractivity contribution is -0.128. The maximum absolute atomic E-state index is 11.4. The Kier molecular flexibility index (Phi) is 4.49. The lowest BCUT2D eigenvalue weighted by atomic mass is 10.3. The predicted octanol–water partition coefficient (Wildman–Crippen LogP) is 1.70. The molecule has 2 rings (SSSR count). The van der Waals surface area contributed by atoms with Crippen molar-refractivity contribution in [2.75, 3.05) is 33.9 Å². The summed E-state index contributed by atoms with van der Waals surface area (Å²) in [6.45, 7) is 1.93. The van der Waals surface area contributed by atoms with E-state index in [2.05, 4.69) is 0 Å². The van der Waals surface area contributed by atoms with Crippen molar-refractivity contribution >= 4 is 5.91 Å². The molecular weight excluding hydrogens is 246 g/mol. The van der Waals surface area contributed by atoms with Crippen molar-refractivity contribution < 1.29 is 19.0 Å². The molecule has 5 heteroatoms. The van der Waals surface area contributed by atoms with E-state index < -0.39 is 0 Å². The topological polar surface area (TPSA) is 48.0 Å². The van der Waals surface area contributed by atoms with E-state index in [-0.39, 0.29) is 5.91 Å². The maximum Gasteiger partial charge on any atom is 0.222 e. The van der Waals surface area contributed by atoms with Crippen LogP contribution >= 0.6 is 0 Å². The number of methoxy groups -OCH3 is 2. The number of carbonyl (C=O) groups is 1. The molecule has 0 atom stereocenters. The molecule has 1 saturated heterocycles. The van der Waals surface area contributed by atoms with Gasteiger partial charge in [-0.05, 0) is 6.42 Å². The number of hydrogen-bond acceptors (Lipinski definition) is 4. The molecule has 0 bridgehead atoms. The van der Waals surface area contributed by atoms with Crippen LogP contribution in [0.25, 0.3) is 0 Å². The zero-order chi connectivity index (χ0) is 13.7. The van der Waals surface area contributed by atoms with Crippen LogP contribution in [0.1, 0.15) is 12.8 Å². The molecule has 1 amide bonds. The van der Waals surface area contributed by atoms with Crippen LogP contribution < -0.4 is 14.2 Å². The Morgan fingerprint density at radius 2 is 1.74 bits per heavy atom. The van der Waals surface area contributed by atoms with Crippen molar-refractivity contribution in [1.29, 1.82) is 0 Å². The van der Waals surface area contributed by atoms with Gasteiger partial charge in [0.05, 0.1) is 20.8 Å². The quantitative estimate of drug-likeness (QED) is 0.785. The van der Waals surface area contributed by atoms with Crippen LogP contribution in [0.4, 0.5) is 0 Å². The SMILES string of the molecule is COc1cc(OC)cc(OCCN2CCCC2=O)c1. The molecule has 0 aromatic heterocycles. The van der Waals surface area contributed by atoms with Crippen LogP contribution in [-0.4, -0.2) is 44.7 Å². The fourth-order valence-corrected chi connectivity index (χ4v) is 2.08. The van der Waals surface area contributed by atoms with E-state index in [9.17, 15) is 4.79 Å². The van der Waals surface area contributed by atoms with Gasteiger partial charge in [-0.3, -0.25) is 4.79 Å². The largest absolute Gasteiger partial charge is 0.496 e. The highest BCUT2D eigenvalue weighted by molar-refractivity contribution is 5.78. The number of ether oxygens (including phenoxy) is 3. The monoisotopic (exact) mass is 265 g/mol. The third kappa shape index (κ3) is 3.53. The summed E-state index contributed by atoms with van der Waals surface area (Å²) in [5.41, 5.74) is 0. The Balaban J connectivity index is 1.89. The first-order valence-electron chi connectivity index (χ1n) is 6.36. The van der Waals surface area contributed by atoms with Crippen molar-refractivity contribution in [3.8, 4) is 17.2 Å². The molecular formula is C14H19NO4. The minimum atomic E-state index is 0.215. The van der Waals surface area contributed by atoms with Crippen LogP contribution in [0.2, 0.25) is 0 Å². The minimum absolute atomic E-state index is 0.215. The van der Waals surface area contributed by atoms with Crippen molar-refractivity contribution in [2.24, 2.45) is 0 Å². The van der Waals surface area contributed by atoms with E-state index in [0.29, 0.717) is 36.8 Å². The highest BCUT2D eigenvalue weighted by Gasteiger charge is 2.19. The summed E-state index contributed by atoms with van der Waals surface area (Å²) < 4.78 is 16.0. The molecule has 0 aliphatic carbocycles. The van der Waals surface area contributed by atoms with E-state index in [4.69, 9.17) is 14.2 Å². The van der Waals surface area contributed by atoms with Crippen LogP contribution in [0.3, 0.4) is 0 Å². The maximum atomic E-state index is 11.4. The summed E-state index contributed by atoms with van der Waals surface area (Å²) in [5, 5.41) is 0. The standard InChI is InChI=1S/C14H19NO4/c1-17-11-8-12(18-2)10-13(9-11)19-7-6-15-5-3-4-14(15)16/h8-10H,3-7H2,1-2H3. The van der Waals surface area contributed by atoms with Gasteiger partial charge < -0.3 is 19.1 Å². The molecule has 1 heterocycles. The molecule has 0 radical (unpaired) electrons. The first-order valence-corrected chi connectivity index (χ1v) is 6.36. The number of carbonyl (C=O) groups excluding carboxylic acids is 1. The van der Waals surface area contributed by atoms with Gasteiger partial charge in [-0.25, -0.2) is 0 Å². The van der Waals surface area contributed by atoms with Gasteiger partial charge in [-0.1, -0.05) is 0 Å². The Bertz CT molecular complexity index is 425. The molecule has 1 aromatic carbocycles. The molecule has 1 fully saturated rings. The summed E-state index contributed by atoms with van der Waals surface area (Å²) in [6.07, 6.45) is 1.61. The second-order valence-electron chi connectivity index (χ2n) is 4.38. The Morgan fingerprint density at radius 1 is 1.11 bits per heavy atom. The normalized spacial score (nSPS) is 14.6. The second kappa shape index (κ2) is 6.31. The fourth-order valence-electron chi connectivity index (χ4n) is 2.08. The number of rotatable bonds is 6. The molecule has 0 unspecified atom stereocenters. The zero-order valence-corrected chi connectivity index (χ0v) is 11.3. The molecule has 1 aromatic rings. The van der Waals surface area contributed by atoms with E-state index in [1.165, 1.54) is 0 Å². The summed E-state index contributed by atoms with van der Waals surface area (Å²) in [7, 11) is 3.20. The minimum Gasteiger partial charge on any atom is -0.496 e. The van der Waals surface area contributed by atoms with Gasteiger partial charge in [0, 0.05) is 31.2 Å². The number of likely N-dealkylation sites (tertiary alicyclic amines) is 1. The van der Waals surface area contributed by atoms with Gasteiger partial charge in [0.25, 0.3) is 0 Å². The van der Waals surface area contributed by atoms with Gasteiger partial charge in [-0.15, -0.1) is 0 Å². The van der Waals surface area contributed by atoms with Crippen LogP contribution in [0, 0.1) is 0 Å². The molecule has 1 aliphatic rings. The average molecular weight is 265 g/mol.